The highest BCUT2D eigenvalue weighted by Gasteiger charge is 2.16. The van der Waals surface area contributed by atoms with Gasteiger partial charge in [-0.3, -0.25) is 0 Å². The molecule has 0 saturated carbocycles. The summed E-state index contributed by atoms with van der Waals surface area (Å²) in [4.78, 5) is 4.49. The van der Waals surface area contributed by atoms with Gasteiger partial charge in [-0.05, 0) is 19.3 Å². The van der Waals surface area contributed by atoms with Gasteiger partial charge in [-0.2, -0.15) is 0 Å². The van der Waals surface area contributed by atoms with Gasteiger partial charge in [-0.25, -0.2) is 4.98 Å². The van der Waals surface area contributed by atoms with Crippen LogP contribution in [-0.4, -0.2) is 11.0 Å². The summed E-state index contributed by atoms with van der Waals surface area (Å²) in [5, 5.41) is 3.28. The topological polar surface area (TPSA) is 38.9 Å². The zero-order valence-electron chi connectivity index (χ0n) is 10.7. The highest BCUT2D eigenvalue weighted by atomic mass is 32.1. The first-order chi connectivity index (χ1) is 7.67. The number of aromatic nitrogens is 1. The van der Waals surface area contributed by atoms with E-state index in [9.17, 15) is 0 Å². The van der Waals surface area contributed by atoms with E-state index in [1.54, 1.807) is 11.3 Å². The van der Waals surface area contributed by atoms with Crippen molar-refractivity contribution in [3.05, 3.63) is 16.1 Å². The van der Waals surface area contributed by atoms with Gasteiger partial charge >= 0.3 is 0 Å². The van der Waals surface area contributed by atoms with E-state index in [0.29, 0.717) is 5.92 Å². The van der Waals surface area contributed by atoms with Crippen molar-refractivity contribution < 1.29 is 0 Å². The van der Waals surface area contributed by atoms with Gasteiger partial charge in [0.1, 0.15) is 0 Å². The Morgan fingerprint density at radius 3 is 2.69 bits per heavy atom. The second kappa shape index (κ2) is 7.02. The normalized spacial score (nSPS) is 15.0. The van der Waals surface area contributed by atoms with E-state index >= 15 is 0 Å². The Morgan fingerprint density at radius 1 is 1.44 bits per heavy atom. The Hall–Kier alpha value is -0.410. The van der Waals surface area contributed by atoms with Crippen molar-refractivity contribution in [2.45, 2.75) is 58.9 Å². The number of nitrogens with zero attached hydrogens (tertiary/aromatic N) is 1. The molecule has 0 bridgehead atoms. The van der Waals surface area contributed by atoms with Crippen LogP contribution in [0.4, 0.5) is 0 Å². The molecular formula is C13H24N2S. The quantitative estimate of drug-likeness (QED) is 0.791. The fraction of sp³-hybridized carbons (Fsp3) is 0.769. The molecule has 1 rings (SSSR count). The Kier molecular flexibility index (Phi) is 5.99. The fourth-order valence-corrected chi connectivity index (χ4v) is 2.72. The number of hydrogen-bond acceptors (Lipinski definition) is 3. The molecule has 0 aliphatic carbocycles. The zero-order chi connectivity index (χ0) is 12.0. The Balaban J connectivity index is 2.45. The highest BCUT2D eigenvalue weighted by Crippen LogP contribution is 2.19. The van der Waals surface area contributed by atoms with Crippen LogP contribution >= 0.6 is 11.3 Å². The lowest BCUT2D eigenvalue weighted by Gasteiger charge is -2.21. The van der Waals surface area contributed by atoms with Crippen molar-refractivity contribution >= 4 is 11.3 Å². The first-order valence-electron chi connectivity index (χ1n) is 6.33. The summed E-state index contributed by atoms with van der Waals surface area (Å²) in [5.41, 5.74) is 7.45. The van der Waals surface area contributed by atoms with Crippen LogP contribution in [0.1, 0.15) is 50.2 Å². The average molecular weight is 240 g/mol. The maximum absolute atomic E-state index is 6.28. The molecule has 0 aromatic carbocycles. The summed E-state index contributed by atoms with van der Waals surface area (Å²) < 4.78 is 0. The third kappa shape index (κ3) is 4.22. The van der Waals surface area contributed by atoms with Crippen LogP contribution < -0.4 is 5.73 Å². The SMILES string of the molecule is CCCCC(CC)C(N)Cc1csc(C)n1. The number of rotatable bonds is 7. The minimum atomic E-state index is 0.276. The van der Waals surface area contributed by atoms with Crippen molar-refractivity contribution in [2.75, 3.05) is 0 Å². The number of aryl methyl sites for hydroxylation is 1. The lowest BCUT2D eigenvalue weighted by atomic mass is 9.89. The molecule has 2 nitrogen and oxygen atoms in total. The molecule has 2 atom stereocenters. The number of thiazole rings is 1. The molecule has 0 spiro atoms. The van der Waals surface area contributed by atoms with Crippen LogP contribution in [0.2, 0.25) is 0 Å². The predicted molar refractivity (Wildman–Crippen MR) is 71.8 cm³/mol. The summed E-state index contributed by atoms with van der Waals surface area (Å²) in [6.07, 6.45) is 5.94. The lowest BCUT2D eigenvalue weighted by molar-refractivity contribution is 0.367. The van der Waals surface area contributed by atoms with Crippen molar-refractivity contribution in [1.82, 2.24) is 4.98 Å². The van der Waals surface area contributed by atoms with Gasteiger partial charge in [0, 0.05) is 17.8 Å². The van der Waals surface area contributed by atoms with E-state index in [-0.39, 0.29) is 6.04 Å². The van der Waals surface area contributed by atoms with Gasteiger partial charge in [-0.1, -0.05) is 33.1 Å². The van der Waals surface area contributed by atoms with Crippen LogP contribution in [0.3, 0.4) is 0 Å². The molecule has 0 amide bonds. The van der Waals surface area contributed by atoms with E-state index in [0.717, 1.165) is 11.4 Å². The van der Waals surface area contributed by atoms with Crippen molar-refractivity contribution in [3.8, 4) is 0 Å². The largest absolute Gasteiger partial charge is 0.327 e. The summed E-state index contributed by atoms with van der Waals surface area (Å²) in [6.45, 7) is 6.53. The average Bonchev–Trinajstić information content (AvgIpc) is 2.65. The summed E-state index contributed by atoms with van der Waals surface area (Å²) in [5.74, 6) is 0.655. The first-order valence-corrected chi connectivity index (χ1v) is 7.21. The zero-order valence-corrected chi connectivity index (χ0v) is 11.5. The standard InChI is InChI=1S/C13H24N2S/c1-4-6-7-11(5-2)13(14)8-12-9-16-10(3)15-12/h9,11,13H,4-8,14H2,1-3H3. The van der Waals surface area contributed by atoms with Crippen molar-refractivity contribution in [1.29, 1.82) is 0 Å². The maximum atomic E-state index is 6.28. The third-order valence-electron chi connectivity index (χ3n) is 3.17. The molecule has 16 heavy (non-hydrogen) atoms. The molecule has 0 radical (unpaired) electrons. The summed E-state index contributed by atoms with van der Waals surface area (Å²) >= 11 is 1.72. The summed E-state index contributed by atoms with van der Waals surface area (Å²) in [6, 6.07) is 0.276. The van der Waals surface area contributed by atoms with E-state index in [1.165, 1.54) is 31.4 Å². The van der Waals surface area contributed by atoms with E-state index < -0.39 is 0 Å². The molecule has 2 unspecified atom stereocenters. The van der Waals surface area contributed by atoms with E-state index in [1.807, 2.05) is 6.92 Å². The molecule has 1 aromatic rings. The molecular weight excluding hydrogens is 216 g/mol. The van der Waals surface area contributed by atoms with Gasteiger partial charge in [0.05, 0.1) is 10.7 Å². The Bertz CT molecular complexity index is 296. The van der Waals surface area contributed by atoms with Crippen molar-refractivity contribution in [2.24, 2.45) is 11.7 Å². The second-order valence-corrected chi connectivity index (χ2v) is 5.60. The summed E-state index contributed by atoms with van der Waals surface area (Å²) in [7, 11) is 0. The fourth-order valence-electron chi connectivity index (χ4n) is 2.10. The molecule has 1 aromatic heterocycles. The van der Waals surface area contributed by atoms with Crippen LogP contribution in [-0.2, 0) is 6.42 Å². The van der Waals surface area contributed by atoms with Gasteiger partial charge in [0.25, 0.3) is 0 Å². The first kappa shape index (κ1) is 13.7. The molecule has 0 fully saturated rings. The van der Waals surface area contributed by atoms with Crippen LogP contribution in [0.25, 0.3) is 0 Å². The van der Waals surface area contributed by atoms with Gasteiger partial charge in [0.15, 0.2) is 0 Å². The molecule has 0 aliphatic heterocycles. The molecule has 0 aliphatic rings. The number of hydrogen-bond donors (Lipinski definition) is 1. The van der Waals surface area contributed by atoms with E-state index in [4.69, 9.17) is 5.73 Å². The van der Waals surface area contributed by atoms with Crippen LogP contribution in [0.5, 0.6) is 0 Å². The highest BCUT2D eigenvalue weighted by molar-refractivity contribution is 7.09. The smallest absolute Gasteiger partial charge is 0.0897 e. The lowest BCUT2D eigenvalue weighted by Crippen LogP contribution is -2.32. The Morgan fingerprint density at radius 2 is 2.19 bits per heavy atom. The van der Waals surface area contributed by atoms with Crippen LogP contribution in [0.15, 0.2) is 5.38 Å². The molecule has 92 valence electrons. The van der Waals surface area contributed by atoms with Gasteiger partial charge < -0.3 is 5.73 Å². The predicted octanol–water partition coefficient (Wildman–Crippen LogP) is 3.54. The van der Waals surface area contributed by atoms with Gasteiger partial charge in [-0.15, -0.1) is 11.3 Å². The van der Waals surface area contributed by atoms with Crippen LogP contribution in [0, 0.1) is 12.8 Å². The Labute approximate surface area is 103 Å². The minimum absolute atomic E-state index is 0.276. The maximum Gasteiger partial charge on any atom is 0.0897 e. The van der Waals surface area contributed by atoms with Crippen molar-refractivity contribution in [3.63, 3.8) is 0 Å². The molecule has 1 heterocycles. The van der Waals surface area contributed by atoms with Gasteiger partial charge in [0.2, 0.25) is 0 Å². The minimum Gasteiger partial charge on any atom is -0.327 e. The van der Waals surface area contributed by atoms with E-state index in [2.05, 4.69) is 24.2 Å². The molecule has 0 saturated heterocycles. The number of nitrogens with two attached hydrogens (primary N) is 1. The third-order valence-corrected chi connectivity index (χ3v) is 3.99. The monoisotopic (exact) mass is 240 g/mol. The second-order valence-electron chi connectivity index (χ2n) is 4.54. The number of unbranched alkanes of at least 4 members (excludes halogenated alkanes) is 1. The molecule has 3 heteroatoms. The molecule has 2 N–H and O–H groups in total.